The molecule has 116 valence electrons. The molecule has 0 bridgehead atoms. The van der Waals surface area contributed by atoms with Crippen molar-refractivity contribution in [3.8, 4) is 0 Å². The Morgan fingerprint density at radius 2 is 1.71 bits per heavy atom. The van der Waals surface area contributed by atoms with E-state index in [0.717, 1.165) is 12.0 Å². The number of hydrogen-bond donors (Lipinski definition) is 2. The van der Waals surface area contributed by atoms with Crippen molar-refractivity contribution in [3.05, 3.63) is 35.9 Å². The van der Waals surface area contributed by atoms with Gasteiger partial charge in [-0.25, -0.2) is 0 Å². The standard InChI is InChI=1S/C10H10O2.C4H5F3O2/c11-10(12)9-6-8(9)7-4-2-1-3-5-7;5-4(6,7)2-1-3(8)9/h1-5,8-9H,6H2,(H,11,12);1-2H2,(H,8,9). The van der Waals surface area contributed by atoms with Gasteiger partial charge in [0.1, 0.15) is 0 Å². The maximum atomic E-state index is 11.2. The Morgan fingerprint density at radius 1 is 1.14 bits per heavy atom. The lowest BCUT2D eigenvalue weighted by Crippen LogP contribution is -2.09. The fraction of sp³-hybridized carbons (Fsp3) is 0.429. The van der Waals surface area contributed by atoms with Crippen LogP contribution < -0.4 is 0 Å². The predicted octanol–water partition coefficient (Wildman–Crippen LogP) is 3.29. The maximum absolute atomic E-state index is 11.2. The molecule has 0 aromatic heterocycles. The van der Waals surface area contributed by atoms with Crippen LogP contribution in [-0.2, 0) is 9.59 Å². The molecule has 1 fully saturated rings. The Morgan fingerprint density at radius 3 is 2.05 bits per heavy atom. The van der Waals surface area contributed by atoms with Crippen LogP contribution in [0.1, 0.15) is 30.7 Å². The molecule has 2 atom stereocenters. The van der Waals surface area contributed by atoms with E-state index in [-0.39, 0.29) is 11.8 Å². The predicted molar refractivity (Wildman–Crippen MR) is 67.9 cm³/mol. The molecule has 4 nitrogen and oxygen atoms in total. The van der Waals surface area contributed by atoms with Crippen LogP contribution in [0, 0.1) is 5.92 Å². The molecule has 0 heterocycles. The van der Waals surface area contributed by atoms with Gasteiger partial charge in [-0.1, -0.05) is 30.3 Å². The van der Waals surface area contributed by atoms with Crippen molar-refractivity contribution in [2.75, 3.05) is 0 Å². The Labute approximate surface area is 119 Å². The molecule has 1 aliphatic rings. The van der Waals surface area contributed by atoms with Crippen molar-refractivity contribution in [3.63, 3.8) is 0 Å². The SMILES string of the molecule is O=C(O)C1CC1c1ccccc1.O=C(O)CCC(F)(F)F. The Kier molecular flexibility index (Phi) is 5.75. The maximum Gasteiger partial charge on any atom is 0.389 e. The van der Waals surface area contributed by atoms with Gasteiger partial charge >= 0.3 is 18.1 Å². The Bertz CT molecular complexity index is 485. The quantitative estimate of drug-likeness (QED) is 0.895. The van der Waals surface area contributed by atoms with Crippen LogP contribution in [0.4, 0.5) is 13.2 Å². The van der Waals surface area contributed by atoms with Crippen molar-refractivity contribution in [2.24, 2.45) is 5.92 Å². The van der Waals surface area contributed by atoms with Gasteiger partial charge in [-0.15, -0.1) is 0 Å². The molecule has 1 saturated carbocycles. The lowest BCUT2D eigenvalue weighted by molar-refractivity contribution is -0.152. The summed E-state index contributed by atoms with van der Waals surface area (Å²) in [5, 5.41) is 16.5. The summed E-state index contributed by atoms with van der Waals surface area (Å²) in [6, 6.07) is 9.84. The molecular weight excluding hydrogens is 289 g/mol. The van der Waals surface area contributed by atoms with Crippen LogP contribution in [0.15, 0.2) is 30.3 Å². The molecule has 0 saturated heterocycles. The summed E-state index contributed by atoms with van der Waals surface area (Å²) in [5.74, 6) is -1.95. The van der Waals surface area contributed by atoms with E-state index >= 15 is 0 Å². The molecule has 2 rings (SSSR count). The van der Waals surface area contributed by atoms with Crippen molar-refractivity contribution >= 4 is 11.9 Å². The third-order valence-corrected chi connectivity index (χ3v) is 2.96. The van der Waals surface area contributed by atoms with Crippen LogP contribution in [0.3, 0.4) is 0 Å². The van der Waals surface area contributed by atoms with Crippen LogP contribution in [0.5, 0.6) is 0 Å². The normalized spacial score (nSPS) is 20.1. The second kappa shape index (κ2) is 7.10. The smallest absolute Gasteiger partial charge is 0.389 e. The van der Waals surface area contributed by atoms with E-state index in [0.29, 0.717) is 0 Å². The molecule has 0 radical (unpaired) electrons. The van der Waals surface area contributed by atoms with Gasteiger partial charge in [-0.05, 0) is 17.9 Å². The second-order valence-electron chi connectivity index (χ2n) is 4.71. The van der Waals surface area contributed by atoms with E-state index in [9.17, 15) is 22.8 Å². The lowest BCUT2D eigenvalue weighted by atomic mass is 10.1. The number of halogens is 3. The molecule has 1 aliphatic carbocycles. The minimum absolute atomic E-state index is 0.132. The van der Waals surface area contributed by atoms with E-state index in [1.165, 1.54) is 0 Å². The lowest BCUT2D eigenvalue weighted by Gasteiger charge is -2.01. The first kappa shape index (κ1) is 17.0. The summed E-state index contributed by atoms with van der Waals surface area (Å²) in [7, 11) is 0. The van der Waals surface area contributed by atoms with E-state index in [1.807, 2.05) is 30.3 Å². The first-order chi connectivity index (χ1) is 9.70. The number of hydrogen-bond acceptors (Lipinski definition) is 2. The average Bonchev–Trinajstić information content (AvgIpc) is 3.18. The summed E-state index contributed by atoms with van der Waals surface area (Å²) < 4.78 is 33.5. The third-order valence-electron chi connectivity index (χ3n) is 2.96. The van der Waals surface area contributed by atoms with Gasteiger partial charge in [0, 0.05) is 0 Å². The number of aliphatic carboxylic acids is 2. The van der Waals surface area contributed by atoms with Gasteiger partial charge in [0.05, 0.1) is 18.8 Å². The molecule has 0 aliphatic heterocycles. The molecule has 0 spiro atoms. The van der Waals surface area contributed by atoms with Crippen LogP contribution in [0.25, 0.3) is 0 Å². The van der Waals surface area contributed by atoms with E-state index in [1.54, 1.807) is 0 Å². The molecule has 2 N–H and O–H groups in total. The highest BCUT2D eigenvalue weighted by Crippen LogP contribution is 2.47. The van der Waals surface area contributed by atoms with Gasteiger partial charge in [0.25, 0.3) is 0 Å². The summed E-state index contributed by atoms with van der Waals surface area (Å²) in [6.07, 6.45) is -5.64. The van der Waals surface area contributed by atoms with Crippen LogP contribution in [-0.4, -0.2) is 28.3 Å². The van der Waals surface area contributed by atoms with Crippen LogP contribution in [0.2, 0.25) is 0 Å². The topological polar surface area (TPSA) is 74.6 Å². The number of benzene rings is 1. The summed E-state index contributed by atoms with van der Waals surface area (Å²) >= 11 is 0. The molecule has 21 heavy (non-hydrogen) atoms. The van der Waals surface area contributed by atoms with E-state index < -0.39 is 31.0 Å². The van der Waals surface area contributed by atoms with Crippen molar-refractivity contribution in [1.82, 2.24) is 0 Å². The summed E-state index contributed by atoms with van der Waals surface area (Å²) in [5.41, 5.74) is 1.16. The van der Waals surface area contributed by atoms with E-state index in [2.05, 4.69) is 0 Å². The number of carbonyl (C=O) groups is 2. The van der Waals surface area contributed by atoms with Gasteiger partial charge in [-0.2, -0.15) is 13.2 Å². The van der Waals surface area contributed by atoms with Gasteiger partial charge in [-0.3, -0.25) is 9.59 Å². The van der Waals surface area contributed by atoms with Gasteiger partial charge < -0.3 is 10.2 Å². The number of rotatable bonds is 4. The fourth-order valence-corrected chi connectivity index (χ4v) is 1.79. The highest BCUT2D eigenvalue weighted by Gasteiger charge is 2.43. The number of alkyl halides is 3. The Hall–Kier alpha value is -2.05. The average molecular weight is 304 g/mol. The molecule has 1 aromatic carbocycles. The van der Waals surface area contributed by atoms with Gasteiger partial charge in [0.2, 0.25) is 0 Å². The van der Waals surface area contributed by atoms with Crippen molar-refractivity contribution < 1.29 is 33.0 Å². The van der Waals surface area contributed by atoms with E-state index in [4.69, 9.17) is 10.2 Å². The Balaban J connectivity index is 0.000000222. The number of carboxylic acids is 2. The van der Waals surface area contributed by atoms with Crippen molar-refractivity contribution in [2.45, 2.75) is 31.4 Å². The largest absolute Gasteiger partial charge is 0.481 e. The minimum Gasteiger partial charge on any atom is -0.481 e. The second-order valence-corrected chi connectivity index (χ2v) is 4.71. The first-order valence-electron chi connectivity index (χ1n) is 6.27. The zero-order chi connectivity index (χ0) is 16.0. The number of carboxylic acid groups (broad SMARTS) is 2. The highest BCUT2D eigenvalue weighted by molar-refractivity contribution is 5.75. The fourth-order valence-electron chi connectivity index (χ4n) is 1.79. The minimum atomic E-state index is -4.35. The summed E-state index contributed by atoms with van der Waals surface area (Å²) in [4.78, 5) is 20.1. The zero-order valence-electron chi connectivity index (χ0n) is 11.0. The highest BCUT2D eigenvalue weighted by atomic mass is 19.4. The monoisotopic (exact) mass is 304 g/mol. The molecule has 0 amide bonds. The molecule has 7 heteroatoms. The molecule has 1 aromatic rings. The van der Waals surface area contributed by atoms with Gasteiger partial charge in [0.15, 0.2) is 0 Å². The molecule has 2 unspecified atom stereocenters. The zero-order valence-corrected chi connectivity index (χ0v) is 11.0. The first-order valence-corrected chi connectivity index (χ1v) is 6.27. The molecular formula is C14H15F3O4. The van der Waals surface area contributed by atoms with Crippen LogP contribution >= 0.6 is 0 Å². The third kappa shape index (κ3) is 6.78. The van der Waals surface area contributed by atoms with Crippen molar-refractivity contribution in [1.29, 1.82) is 0 Å². The summed E-state index contributed by atoms with van der Waals surface area (Å²) in [6.45, 7) is 0.